The fraction of sp³-hybridized carbons (Fsp3) is 0.579. The van der Waals surface area contributed by atoms with Crippen LogP contribution in [0, 0.1) is 0 Å². The first-order chi connectivity index (χ1) is 11.7. The van der Waals surface area contributed by atoms with Crippen LogP contribution in [0.5, 0.6) is 0 Å². The molecule has 1 aromatic rings. The zero-order valence-electron chi connectivity index (χ0n) is 14.9. The van der Waals surface area contributed by atoms with Gasteiger partial charge in [0.05, 0.1) is 0 Å². The molecule has 1 amide bonds. The summed E-state index contributed by atoms with van der Waals surface area (Å²) in [6.45, 7) is 6.56. The van der Waals surface area contributed by atoms with Gasteiger partial charge in [-0.1, -0.05) is 43.7 Å². The van der Waals surface area contributed by atoms with Crippen molar-refractivity contribution in [2.24, 2.45) is 4.99 Å². The second kappa shape index (κ2) is 9.30. The Labute approximate surface area is 145 Å². The number of carbonyl (C=O) groups excluding carboxylic acids is 1. The van der Waals surface area contributed by atoms with Crippen LogP contribution in [0.2, 0.25) is 0 Å². The SMILES string of the molecule is CCCNC(=O)CN=C(NCC)NCC1(c2ccccc2)CCC1. The van der Waals surface area contributed by atoms with E-state index in [1.54, 1.807) is 0 Å². The molecule has 1 saturated carbocycles. The van der Waals surface area contributed by atoms with Crippen molar-refractivity contribution < 1.29 is 4.79 Å². The molecular weight excluding hydrogens is 300 g/mol. The molecule has 24 heavy (non-hydrogen) atoms. The second-order valence-corrected chi connectivity index (χ2v) is 6.40. The van der Waals surface area contributed by atoms with Gasteiger partial charge in [0.25, 0.3) is 0 Å². The maximum Gasteiger partial charge on any atom is 0.241 e. The van der Waals surface area contributed by atoms with Gasteiger partial charge in [0.2, 0.25) is 5.91 Å². The molecule has 0 aliphatic heterocycles. The first-order valence-electron chi connectivity index (χ1n) is 9.04. The molecule has 1 aliphatic rings. The summed E-state index contributed by atoms with van der Waals surface area (Å²) in [5.41, 5.74) is 1.59. The third-order valence-electron chi connectivity index (χ3n) is 4.59. The van der Waals surface area contributed by atoms with E-state index in [9.17, 15) is 4.79 Å². The van der Waals surface area contributed by atoms with E-state index in [2.05, 4.69) is 51.3 Å². The highest BCUT2D eigenvalue weighted by Gasteiger charge is 2.38. The van der Waals surface area contributed by atoms with Crippen LogP contribution in [-0.2, 0) is 10.2 Å². The lowest BCUT2D eigenvalue weighted by molar-refractivity contribution is -0.119. The van der Waals surface area contributed by atoms with Gasteiger partial charge in [0, 0.05) is 25.0 Å². The summed E-state index contributed by atoms with van der Waals surface area (Å²) in [7, 11) is 0. The molecule has 0 atom stereocenters. The quantitative estimate of drug-likeness (QED) is 0.506. The van der Waals surface area contributed by atoms with Crippen molar-refractivity contribution in [3.8, 4) is 0 Å². The molecule has 5 heteroatoms. The van der Waals surface area contributed by atoms with Crippen LogP contribution in [0.15, 0.2) is 35.3 Å². The summed E-state index contributed by atoms with van der Waals surface area (Å²) < 4.78 is 0. The minimum absolute atomic E-state index is 0.0320. The summed E-state index contributed by atoms with van der Waals surface area (Å²) in [5.74, 6) is 0.682. The standard InChI is InChI=1S/C19H30N4O/c1-3-13-21-17(24)14-22-18(20-4-2)23-15-19(11-8-12-19)16-9-6-5-7-10-16/h5-7,9-10H,3-4,8,11-15H2,1-2H3,(H,21,24)(H2,20,22,23). The molecule has 0 saturated heterocycles. The van der Waals surface area contributed by atoms with E-state index < -0.39 is 0 Å². The lowest BCUT2D eigenvalue weighted by Gasteiger charge is -2.43. The largest absolute Gasteiger partial charge is 0.357 e. The molecule has 2 rings (SSSR count). The molecule has 1 aromatic carbocycles. The Balaban J connectivity index is 1.93. The highest BCUT2D eigenvalue weighted by molar-refractivity contribution is 5.84. The van der Waals surface area contributed by atoms with Crippen LogP contribution in [-0.4, -0.2) is 38.0 Å². The molecule has 132 valence electrons. The molecule has 0 aromatic heterocycles. The summed E-state index contributed by atoms with van der Waals surface area (Å²) in [4.78, 5) is 16.1. The van der Waals surface area contributed by atoms with E-state index in [0.29, 0.717) is 12.5 Å². The predicted octanol–water partition coefficient (Wildman–Crippen LogP) is 2.19. The molecule has 0 heterocycles. The molecule has 1 aliphatic carbocycles. The first-order valence-corrected chi connectivity index (χ1v) is 9.04. The number of nitrogens with one attached hydrogen (secondary N) is 3. The maximum absolute atomic E-state index is 11.7. The van der Waals surface area contributed by atoms with Crippen LogP contribution < -0.4 is 16.0 Å². The minimum Gasteiger partial charge on any atom is -0.357 e. The second-order valence-electron chi connectivity index (χ2n) is 6.40. The van der Waals surface area contributed by atoms with Gasteiger partial charge in [-0.3, -0.25) is 4.79 Å². The minimum atomic E-state index is -0.0320. The average molecular weight is 330 g/mol. The van der Waals surface area contributed by atoms with Crippen LogP contribution in [0.25, 0.3) is 0 Å². The Hall–Kier alpha value is -2.04. The molecule has 5 nitrogen and oxygen atoms in total. The predicted molar refractivity (Wildman–Crippen MR) is 99.3 cm³/mol. The third-order valence-corrected chi connectivity index (χ3v) is 4.59. The van der Waals surface area contributed by atoms with Gasteiger partial charge < -0.3 is 16.0 Å². The Morgan fingerprint density at radius 1 is 1.12 bits per heavy atom. The number of hydrogen-bond donors (Lipinski definition) is 3. The summed E-state index contributed by atoms with van der Waals surface area (Å²) >= 11 is 0. The summed E-state index contributed by atoms with van der Waals surface area (Å²) in [5, 5.41) is 9.51. The van der Waals surface area contributed by atoms with Crippen molar-refractivity contribution in [3.63, 3.8) is 0 Å². The lowest BCUT2D eigenvalue weighted by atomic mass is 9.64. The zero-order valence-corrected chi connectivity index (χ0v) is 14.9. The Morgan fingerprint density at radius 3 is 2.46 bits per heavy atom. The highest BCUT2D eigenvalue weighted by atomic mass is 16.1. The smallest absolute Gasteiger partial charge is 0.241 e. The van der Waals surface area contributed by atoms with Crippen molar-refractivity contribution in [2.75, 3.05) is 26.2 Å². The van der Waals surface area contributed by atoms with Crippen LogP contribution >= 0.6 is 0 Å². The Bertz CT molecular complexity index is 538. The van der Waals surface area contributed by atoms with Gasteiger partial charge in [-0.05, 0) is 31.7 Å². The lowest BCUT2D eigenvalue weighted by Crippen LogP contribution is -2.49. The number of nitrogens with zero attached hydrogens (tertiary/aromatic N) is 1. The van der Waals surface area contributed by atoms with Crippen molar-refractivity contribution in [2.45, 2.75) is 44.9 Å². The van der Waals surface area contributed by atoms with Gasteiger partial charge in [-0.15, -0.1) is 0 Å². The summed E-state index contributed by atoms with van der Waals surface area (Å²) in [6, 6.07) is 10.7. The van der Waals surface area contributed by atoms with Crippen molar-refractivity contribution >= 4 is 11.9 Å². The van der Waals surface area contributed by atoms with Gasteiger partial charge in [-0.2, -0.15) is 0 Å². The Morgan fingerprint density at radius 2 is 1.88 bits per heavy atom. The van der Waals surface area contributed by atoms with Gasteiger partial charge in [0.1, 0.15) is 6.54 Å². The van der Waals surface area contributed by atoms with E-state index >= 15 is 0 Å². The Kier molecular flexibility index (Phi) is 7.09. The summed E-state index contributed by atoms with van der Waals surface area (Å²) in [6.07, 6.45) is 4.60. The fourth-order valence-electron chi connectivity index (χ4n) is 3.03. The van der Waals surface area contributed by atoms with E-state index in [4.69, 9.17) is 0 Å². The molecule has 0 unspecified atom stereocenters. The van der Waals surface area contributed by atoms with Crippen molar-refractivity contribution in [1.82, 2.24) is 16.0 Å². The fourth-order valence-corrected chi connectivity index (χ4v) is 3.03. The number of amides is 1. The average Bonchev–Trinajstić information content (AvgIpc) is 2.57. The number of rotatable bonds is 8. The number of guanidine groups is 1. The topological polar surface area (TPSA) is 65.5 Å². The number of benzene rings is 1. The van der Waals surface area contributed by atoms with Gasteiger partial charge in [-0.25, -0.2) is 4.99 Å². The van der Waals surface area contributed by atoms with Crippen LogP contribution in [0.1, 0.15) is 45.1 Å². The van der Waals surface area contributed by atoms with Crippen LogP contribution in [0.4, 0.5) is 0 Å². The normalized spacial score (nSPS) is 16.2. The third kappa shape index (κ3) is 4.98. The molecule has 3 N–H and O–H groups in total. The van der Waals surface area contributed by atoms with Gasteiger partial charge >= 0.3 is 0 Å². The van der Waals surface area contributed by atoms with E-state index in [-0.39, 0.29) is 17.9 Å². The van der Waals surface area contributed by atoms with E-state index in [1.165, 1.54) is 24.8 Å². The molecular formula is C19H30N4O. The molecule has 0 bridgehead atoms. The molecule has 0 spiro atoms. The zero-order chi connectivity index (χ0) is 17.3. The van der Waals surface area contributed by atoms with Crippen molar-refractivity contribution in [3.05, 3.63) is 35.9 Å². The monoisotopic (exact) mass is 330 g/mol. The maximum atomic E-state index is 11.7. The van der Waals surface area contributed by atoms with E-state index in [1.807, 2.05) is 13.8 Å². The van der Waals surface area contributed by atoms with Crippen LogP contribution in [0.3, 0.4) is 0 Å². The highest BCUT2D eigenvalue weighted by Crippen LogP contribution is 2.43. The van der Waals surface area contributed by atoms with E-state index in [0.717, 1.165) is 19.5 Å². The first kappa shape index (κ1) is 18.3. The number of aliphatic imine (C=N–C) groups is 1. The molecule has 1 fully saturated rings. The van der Waals surface area contributed by atoms with Crippen molar-refractivity contribution in [1.29, 1.82) is 0 Å². The molecule has 0 radical (unpaired) electrons. The number of hydrogen-bond acceptors (Lipinski definition) is 2. The van der Waals surface area contributed by atoms with Gasteiger partial charge in [0.15, 0.2) is 5.96 Å². The number of carbonyl (C=O) groups is 1.